The SMILES string of the molecule is CCn1ccn(CCC(C)(C)CN)c1=O. The Labute approximate surface area is 90.7 Å². The smallest absolute Gasteiger partial charge is 0.328 e. The van der Waals surface area contributed by atoms with Crippen LogP contribution in [-0.4, -0.2) is 15.7 Å². The molecule has 15 heavy (non-hydrogen) atoms. The van der Waals surface area contributed by atoms with Gasteiger partial charge in [-0.1, -0.05) is 13.8 Å². The monoisotopic (exact) mass is 211 g/mol. The van der Waals surface area contributed by atoms with Crippen LogP contribution in [0.5, 0.6) is 0 Å². The Hall–Kier alpha value is -1.03. The lowest BCUT2D eigenvalue weighted by atomic mass is 9.90. The highest BCUT2D eigenvalue weighted by Gasteiger charge is 2.15. The van der Waals surface area contributed by atoms with Gasteiger partial charge in [0.05, 0.1) is 0 Å². The summed E-state index contributed by atoms with van der Waals surface area (Å²) >= 11 is 0. The summed E-state index contributed by atoms with van der Waals surface area (Å²) in [6.07, 6.45) is 4.60. The molecule has 0 atom stereocenters. The van der Waals surface area contributed by atoms with Crippen LogP contribution in [0.1, 0.15) is 27.2 Å². The Balaban J connectivity index is 2.66. The molecule has 0 saturated carbocycles. The van der Waals surface area contributed by atoms with Crippen molar-refractivity contribution in [3.63, 3.8) is 0 Å². The topological polar surface area (TPSA) is 52.9 Å². The van der Waals surface area contributed by atoms with E-state index in [1.165, 1.54) is 0 Å². The van der Waals surface area contributed by atoms with Crippen molar-refractivity contribution in [2.75, 3.05) is 6.54 Å². The minimum atomic E-state index is 0.0744. The van der Waals surface area contributed by atoms with Gasteiger partial charge < -0.3 is 5.73 Å². The van der Waals surface area contributed by atoms with E-state index in [4.69, 9.17) is 5.73 Å². The maximum atomic E-state index is 11.7. The average molecular weight is 211 g/mol. The third-order valence-electron chi connectivity index (χ3n) is 2.84. The lowest BCUT2D eigenvalue weighted by molar-refractivity contribution is 0.322. The second-order valence-electron chi connectivity index (χ2n) is 4.68. The van der Waals surface area contributed by atoms with Crippen LogP contribution < -0.4 is 11.4 Å². The predicted octanol–water partition coefficient (Wildman–Crippen LogP) is 1.04. The van der Waals surface area contributed by atoms with E-state index >= 15 is 0 Å². The van der Waals surface area contributed by atoms with E-state index in [1.54, 1.807) is 9.13 Å². The van der Waals surface area contributed by atoms with Crippen LogP contribution in [0.4, 0.5) is 0 Å². The number of imidazole rings is 1. The molecular formula is C11H21N3O. The molecule has 0 aromatic carbocycles. The van der Waals surface area contributed by atoms with Gasteiger partial charge in [0.25, 0.3) is 0 Å². The van der Waals surface area contributed by atoms with Crippen LogP contribution in [0.3, 0.4) is 0 Å². The molecule has 0 bridgehead atoms. The van der Waals surface area contributed by atoms with Crippen molar-refractivity contribution in [3.8, 4) is 0 Å². The minimum Gasteiger partial charge on any atom is -0.330 e. The Morgan fingerprint density at radius 3 is 2.40 bits per heavy atom. The van der Waals surface area contributed by atoms with Gasteiger partial charge in [-0.2, -0.15) is 0 Å². The standard InChI is InChI=1S/C11H21N3O/c1-4-13-7-8-14(10(13)15)6-5-11(2,3)9-12/h7-8H,4-6,9,12H2,1-3H3. The highest BCUT2D eigenvalue weighted by molar-refractivity contribution is 4.82. The van der Waals surface area contributed by atoms with Crippen molar-refractivity contribution < 1.29 is 0 Å². The molecular weight excluding hydrogens is 190 g/mol. The fraction of sp³-hybridized carbons (Fsp3) is 0.727. The average Bonchev–Trinajstić information content (AvgIpc) is 2.57. The number of aromatic nitrogens is 2. The third kappa shape index (κ3) is 2.96. The first-order valence-corrected chi connectivity index (χ1v) is 5.46. The van der Waals surface area contributed by atoms with Gasteiger partial charge in [0.2, 0.25) is 0 Å². The second kappa shape index (κ2) is 4.66. The molecule has 0 aliphatic heterocycles. The summed E-state index contributed by atoms with van der Waals surface area (Å²) in [5, 5.41) is 0. The van der Waals surface area contributed by atoms with Gasteiger partial charge in [-0.15, -0.1) is 0 Å². The summed E-state index contributed by atoms with van der Waals surface area (Å²) in [6, 6.07) is 0. The zero-order valence-corrected chi connectivity index (χ0v) is 9.86. The third-order valence-corrected chi connectivity index (χ3v) is 2.84. The summed E-state index contributed by atoms with van der Waals surface area (Å²) < 4.78 is 3.45. The molecule has 2 N–H and O–H groups in total. The number of hydrogen-bond donors (Lipinski definition) is 1. The lowest BCUT2D eigenvalue weighted by Crippen LogP contribution is -2.29. The van der Waals surface area contributed by atoms with E-state index in [9.17, 15) is 4.79 Å². The molecule has 0 unspecified atom stereocenters. The molecule has 0 amide bonds. The van der Waals surface area contributed by atoms with E-state index in [1.807, 2.05) is 19.3 Å². The van der Waals surface area contributed by atoms with Crippen molar-refractivity contribution in [2.24, 2.45) is 11.1 Å². The van der Waals surface area contributed by atoms with Crippen LogP contribution >= 0.6 is 0 Å². The number of aryl methyl sites for hydroxylation is 2. The Morgan fingerprint density at radius 1 is 1.33 bits per heavy atom. The molecule has 0 fully saturated rings. The van der Waals surface area contributed by atoms with Crippen molar-refractivity contribution in [2.45, 2.75) is 40.3 Å². The van der Waals surface area contributed by atoms with Crippen LogP contribution in [-0.2, 0) is 13.1 Å². The summed E-state index contributed by atoms with van der Waals surface area (Å²) in [5.41, 5.74) is 5.83. The molecule has 0 spiro atoms. The molecule has 86 valence electrons. The molecule has 4 heteroatoms. The first-order valence-electron chi connectivity index (χ1n) is 5.46. The lowest BCUT2D eigenvalue weighted by Gasteiger charge is -2.21. The number of nitrogens with zero attached hydrogens (tertiary/aromatic N) is 2. The van der Waals surface area contributed by atoms with E-state index < -0.39 is 0 Å². The van der Waals surface area contributed by atoms with Gasteiger partial charge in [-0.3, -0.25) is 9.13 Å². The highest BCUT2D eigenvalue weighted by atomic mass is 16.1. The fourth-order valence-corrected chi connectivity index (χ4v) is 1.39. The maximum Gasteiger partial charge on any atom is 0.328 e. The summed E-state index contributed by atoms with van der Waals surface area (Å²) in [6.45, 7) is 8.33. The maximum absolute atomic E-state index is 11.7. The van der Waals surface area contributed by atoms with Crippen LogP contribution in [0.15, 0.2) is 17.2 Å². The number of rotatable bonds is 5. The van der Waals surface area contributed by atoms with Crippen molar-refractivity contribution >= 4 is 0 Å². The Morgan fingerprint density at radius 2 is 1.93 bits per heavy atom. The first-order chi connectivity index (χ1) is 7.00. The normalized spacial score (nSPS) is 12.0. The van der Waals surface area contributed by atoms with Crippen LogP contribution in [0, 0.1) is 5.41 Å². The molecule has 0 aliphatic rings. The van der Waals surface area contributed by atoms with Gasteiger partial charge >= 0.3 is 5.69 Å². The molecule has 4 nitrogen and oxygen atoms in total. The summed E-state index contributed by atoms with van der Waals surface area (Å²) in [5.74, 6) is 0. The summed E-state index contributed by atoms with van der Waals surface area (Å²) in [4.78, 5) is 11.7. The predicted molar refractivity (Wildman–Crippen MR) is 61.8 cm³/mol. The van der Waals surface area contributed by atoms with Gasteiger partial charge in [-0.25, -0.2) is 4.79 Å². The van der Waals surface area contributed by atoms with E-state index in [2.05, 4.69) is 13.8 Å². The molecule has 0 aliphatic carbocycles. The van der Waals surface area contributed by atoms with Crippen molar-refractivity contribution in [1.82, 2.24) is 9.13 Å². The second-order valence-corrected chi connectivity index (χ2v) is 4.68. The zero-order valence-electron chi connectivity index (χ0n) is 9.86. The first kappa shape index (κ1) is 12.0. The van der Waals surface area contributed by atoms with E-state index in [0.717, 1.165) is 19.5 Å². The number of hydrogen-bond acceptors (Lipinski definition) is 2. The largest absolute Gasteiger partial charge is 0.330 e. The van der Waals surface area contributed by atoms with Gasteiger partial charge in [0, 0.05) is 25.5 Å². The van der Waals surface area contributed by atoms with Gasteiger partial charge in [0.1, 0.15) is 0 Å². The highest BCUT2D eigenvalue weighted by Crippen LogP contribution is 2.18. The Kier molecular flexibility index (Phi) is 3.74. The van der Waals surface area contributed by atoms with E-state index in [0.29, 0.717) is 6.54 Å². The number of nitrogens with two attached hydrogens (primary N) is 1. The molecule has 1 aromatic heterocycles. The minimum absolute atomic E-state index is 0.0744. The zero-order chi connectivity index (χ0) is 11.5. The van der Waals surface area contributed by atoms with E-state index in [-0.39, 0.29) is 11.1 Å². The summed E-state index contributed by atoms with van der Waals surface area (Å²) in [7, 11) is 0. The van der Waals surface area contributed by atoms with Crippen molar-refractivity contribution in [3.05, 3.63) is 22.9 Å². The molecule has 1 heterocycles. The molecule has 0 saturated heterocycles. The quantitative estimate of drug-likeness (QED) is 0.791. The Bertz CT molecular complexity index is 362. The van der Waals surface area contributed by atoms with Gasteiger partial charge in [0.15, 0.2) is 0 Å². The van der Waals surface area contributed by atoms with Crippen LogP contribution in [0.25, 0.3) is 0 Å². The van der Waals surface area contributed by atoms with Crippen LogP contribution in [0.2, 0.25) is 0 Å². The van der Waals surface area contributed by atoms with Gasteiger partial charge in [-0.05, 0) is 25.3 Å². The molecule has 1 aromatic rings. The fourth-order valence-electron chi connectivity index (χ4n) is 1.39. The molecule has 0 radical (unpaired) electrons. The molecule has 1 rings (SSSR count). The van der Waals surface area contributed by atoms with Crippen molar-refractivity contribution in [1.29, 1.82) is 0 Å².